The van der Waals surface area contributed by atoms with Crippen molar-refractivity contribution in [1.29, 1.82) is 0 Å². The summed E-state index contributed by atoms with van der Waals surface area (Å²) < 4.78 is 5.12. The standard InChI is InChI=1S/C12H17NO3/c1-3-16-9-8-12(15)13(2)10-4-6-11(14)7-5-10/h4-7,14H,3,8-9H2,1-2H3. The highest BCUT2D eigenvalue weighted by Crippen LogP contribution is 2.17. The maximum Gasteiger partial charge on any atom is 0.229 e. The number of nitrogens with zero attached hydrogens (tertiary/aromatic N) is 1. The molecule has 0 aliphatic rings. The molecule has 0 aliphatic carbocycles. The maximum atomic E-state index is 11.7. The molecule has 0 aromatic heterocycles. The van der Waals surface area contributed by atoms with Gasteiger partial charge >= 0.3 is 0 Å². The zero-order chi connectivity index (χ0) is 12.0. The predicted octanol–water partition coefficient (Wildman–Crippen LogP) is 1.78. The van der Waals surface area contributed by atoms with Crippen LogP contribution in [-0.2, 0) is 9.53 Å². The lowest BCUT2D eigenvalue weighted by Gasteiger charge is -2.17. The molecule has 0 bridgehead atoms. The van der Waals surface area contributed by atoms with E-state index in [4.69, 9.17) is 9.84 Å². The number of rotatable bonds is 5. The Morgan fingerprint density at radius 2 is 2.00 bits per heavy atom. The second-order valence-corrected chi connectivity index (χ2v) is 3.42. The SMILES string of the molecule is CCOCCC(=O)N(C)c1ccc(O)cc1. The van der Waals surface area contributed by atoms with E-state index >= 15 is 0 Å². The van der Waals surface area contributed by atoms with E-state index in [0.717, 1.165) is 5.69 Å². The van der Waals surface area contributed by atoms with Crippen molar-refractivity contribution in [2.75, 3.05) is 25.2 Å². The first kappa shape index (κ1) is 12.5. The molecule has 0 fully saturated rings. The first-order valence-electron chi connectivity index (χ1n) is 5.28. The number of ether oxygens (including phenoxy) is 1. The lowest BCUT2D eigenvalue weighted by Crippen LogP contribution is -2.27. The summed E-state index contributed by atoms with van der Waals surface area (Å²) in [6.07, 6.45) is 0.366. The number of aromatic hydroxyl groups is 1. The molecule has 4 heteroatoms. The van der Waals surface area contributed by atoms with Gasteiger partial charge in [-0.1, -0.05) is 0 Å². The van der Waals surface area contributed by atoms with Crippen LogP contribution in [0, 0.1) is 0 Å². The maximum absolute atomic E-state index is 11.7. The van der Waals surface area contributed by atoms with Gasteiger partial charge in [-0.25, -0.2) is 0 Å². The van der Waals surface area contributed by atoms with Gasteiger partial charge in [0, 0.05) is 19.3 Å². The number of hydrogen-bond donors (Lipinski definition) is 1. The summed E-state index contributed by atoms with van der Waals surface area (Å²) in [7, 11) is 1.71. The van der Waals surface area contributed by atoms with Crippen molar-refractivity contribution < 1.29 is 14.6 Å². The number of carbonyl (C=O) groups excluding carboxylic acids is 1. The van der Waals surface area contributed by atoms with E-state index in [1.54, 1.807) is 36.2 Å². The van der Waals surface area contributed by atoms with Crippen molar-refractivity contribution in [2.24, 2.45) is 0 Å². The molecule has 0 radical (unpaired) electrons. The molecule has 88 valence electrons. The summed E-state index contributed by atoms with van der Waals surface area (Å²) in [6.45, 7) is 2.96. The van der Waals surface area contributed by atoms with Crippen molar-refractivity contribution in [1.82, 2.24) is 0 Å². The van der Waals surface area contributed by atoms with Gasteiger partial charge in [0.25, 0.3) is 0 Å². The first-order valence-corrected chi connectivity index (χ1v) is 5.28. The van der Waals surface area contributed by atoms with Crippen molar-refractivity contribution in [2.45, 2.75) is 13.3 Å². The molecular weight excluding hydrogens is 206 g/mol. The van der Waals surface area contributed by atoms with E-state index in [0.29, 0.717) is 19.6 Å². The van der Waals surface area contributed by atoms with Crippen molar-refractivity contribution in [3.05, 3.63) is 24.3 Å². The molecule has 4 nitrogen and oxygen atoms in total. The van der Waals surface area contributed by atoms with Gasteiger partial charge in [0.1, 0.15) is 5.75 Å². The molecule has 1 amide bonds. The van der Waals surface area contributed by atoms with Gasteiger partial charge in [-0.15, -0.1) is 0 Å². The van der Waals surface area contributed by atoms with Crippen LogP contribution in [0.2, 0.25) is 0 Å². The Morgan fingerprint density at radius 1 is 1.38 bits per heavy atom. The molecule has 16 heavy (non-hydrogen) atoms. The van der Waals surface area contributed by atoms with Gasteiger partial charge in [0.15, 0.2) is 0 Å². The first-order chi connectivity index (χ1) is 7.65. The molecular formula is C12H17NO3. The number of anilines is 1. The molecule has 1 aromatic carbocycles. The third kappa shape index (κ3) is 3.55. The van der Waals surface area contributed by atoms with Gasteiger partial charge in [-0.2, -0.15) is 0 Å². The minimum Gasteiger partial charge on any atom is -0.508 e. The molecule has 0 unspecified atom stereocenters. The van der Waals surface area contributed by atoms with Gasteiger partial charge in [-0.3, -0.25) is 4.79 Å². The number of hydrogen-bond acceptors (Lipinski definition) is 3. The molecule has 1 rings (SSSR count). The number of phenols is 1. The molecule has 0 heterocycles. The van der Waals surface area contributed by atoms with Gasteiger partial charge in [0.2, 0.25) is 5.91 Å². The highest BCUT2D eigenvalue weighted by Gasteiger charge is 2.10. The predicted molar refractivity (Wildman–Crippen MR) is 62.6 cm³/mol. The normalized spacial score (nSPS) is 10.1. The Hall–Kier alpha value is -1.55. The third-order valence-corrected chi connectivity index (χ3v) is 2.28. The zero-order valence-electron chi connectivity index (χ0n) is 9.64. The highest BCUT2D eigenvalue weighted by molar-refractivity contribution is 5.92. The Bertz CT molecular complexity index is 335. The smallest absolute Gasteiger partial charge is 0.229 e. The van der Waals surface area contributed by atoms with Crippen molar-refractivity contribution in [3.63, 3.8) is 0 Å². The summed E-state index contributed by atoms with van der Waals surface area (Å²) in [4.78, 5) is 13.2. The molecule has 1 N–H and O–H groups in total. The van der Waals surface area contributed by atoms with E-state index in [1.165, 1.54) is 0 Å². The molecule has 0 spiro atoms. The van der Waals surface area contributed by atoms with Crippen LogP contribution >= 0.6 is 0 Å². The minimum atomic E-state index is -0.000796. The van der Waals surface area contributed by atoms with Crippen molar-refractivity contribution in [3.8, 4) is 5.75 Å². The lowest BCUT2D eigenvalue weighted by molar-refractivity contribution is -0.119. The highest BCUT2D eigenvalue weighted by atomic mass is 16.5. The number of phenolic OH excluding ortho intramolecular Hbond substituents is 1. The third-order valence-electron chi connectivity index (χ3n) is 2.28. The summed E-state index contributed by atoms with van der Waals surface area (Å²) in [5.41, 5.74) is 0.763. The molecule has 1 aromatic rings. The Labute approximate surface area is 95.5 Å². The fraction of sp³-hybridized carbons (Fsp3) is 0.417. The fourth-order valence-electron chi connectivity index (χ4n) is 1.29. The van der Waals surface area contributed by atoms with Crippen LogP contribution < -0.4 is 4.90 Å². The Kier molecular flexibility index (Phi) is 4.79. The number of benzene rings is 1. The van der Waals surface area contributed by atoms with Gasteiger partial charge in [0.05, 0.1) is 13.0 Å². The summed E-state index contributed by atoms with van der Waals surface area (Å²) in [5, 5.41) is 9.13. The van der Waals surface area contributed by atoms with Crippen LogP contribution in [0.3, 0.4) is 0 Å². The zero-order valence-corrected chi connectivity index (χ0v) is 9.64. The molecule has 0 saturated carbocycles. The molecule has 0 atom stereocenters. The van der Waals surface area contributed by atoms with Gasteiger partial charge in [-0.05, 0) is 31.2 Å². The number of amides is 1. The average molecular weight is 223 g/mol. The van der Waals surface area contributed by atoms with Crippen LogP contribution in [0.25, 0.3) is 0 Å². The fourth-order valence-corrected chi connectivity index (χ4v) is 1.29. The van der Waals surface area contributed by atoms with Crippen LogP contribution in [-0.4, -0.2) is 31.3 Å². The quantitative estimate of drug-likeness (QED) is 0.774. The minimum absolute atomic E-state index is 0.000796. The topological polar surface area (TPSA) is 49.8 Å². The monoisotopic (exact) mass is 223 g/mol. The van der Waals surface area contributed by atoms with Crippen LogP contribution in [0.5, 0.6) is 5.75 Å². The van der Waals surface area contributed by atoms with Crippen LogP contribution in [0.1, 0.15) is 13.3 Å². The van der Waals surface area contributed by atoms with E-state index < -0.39 is 0 Å². The lowest BCUT2D eigenvalue weighted by atomic mass is 10.2. The second-order valence-electron chi connectivity index (χ2n) is 3.42. The van der Waals surface area contributed by atoms with E-state index in [9.17, 15) is 4.79 Å². The van der Waals surface area contributed by atoms with Crippen LogP contribution in [0.4, 0.5) is 5.69 Å². The van der Waals surface area contributed by atoms with Crippen LogP contribution in [0.15, 0.2) is 24.3 Å². The largest absolute Gasteiger partial charge is 0.508 e. The van der Waals surface area contributed by atoms with E-state index in [1.807, 2.05) is 6.92 Å². The second kappa shape index (κ2) is 6.12. The Balaban J connectivity index is 2.53. The summed E-state index contributed by atoms with van der Waals surface area (Å²) in [5.74, 6) is 0.193. The Morgan fingerprint density at radius 3 is 2.56 bits per heavy atom. The average Bonchev–Trinajstić information content (AvgIpc) is 2.29. The summed E-state index contributed by atoms with van der Waals surface area (Å²) >= 11 is 0. The number of carbonyl (C=O) groups is 1. The van der Waals surface area contributed by atoms with E-state index in [2.05, 4.69) is 0 Å². The molecule has 0 aliphatic heterocycles. The van der Waals surface area contributed by atoms with Crippen molar-refractivity contribution >= 4 is 11.6 Å². The van der Waals surface area contributed by atoms with Gasteiger partial charge < -0.3 is 14.7 Å². The summed E-state index contributed by atoms with van der Waals surface area (Å²) in [6, 6.07) is 6.52. The molecule has 0 saturated heterocycles. The van der Waals surface area contributed by atoms with E-state index in [-0.39, 0.29) is 11.7 Å².